The normalized spacial score (nSPS) is 14.7. The number of methoxy groups -OCH3 is 1. The number of oxazole rings is 1. The molecule has 0 amide bonds. The van der Waals surface area contributed by atoms with Crippen molar-refractivity contribution in [1.29, 1.82) is 0 Å². The standard InChI is InChI=1S/C31H29N3O8S/c1-18-25-28(35)34(20-7-5-6-19(16-20)30(36)37)31(38)33(29(25)43-26(18)27-32-12-15-41-27)17-24(42-21-10-13-40-14-11-21)22-8-3-4-9-23(22)39-2/h3-9,12,15-16,21,24H,10-11,13-14,17H2,1-2H3,(H,36,37)/t24-/m1/s1. The number of rotatable bonds is 9. The number of carbonyl (C=O) groups is 1. The van der Waals surface area contributed by atoms with Gasteiger partial charge >= 0.3 is 11.7 Å². The third-order valence-electron chi connectivity index (χ3n) is 7.55. The molecule has 12 heteroatoms. The zero-order valence-corrected chi connectivity index (χ0v) is 24.3. The Morgan fingerprint density at radius 2 is 1.95 bits per heavy atom. The highest BCUT2D eigenvalue weighted by Gasteiger charge is 2.28. The van der Waals surface area contributed by atoms with Crippen molar-refractivity contribution in [2.75, 3.05) is 20.3 Å². The molecule has 5 aromatic rings. The highest BCUT2D eigenvalue weighted by Crippen LogP contribution is 2.37. The van der Waals surface area contributed by atoms with E-state index in [9.17, 15) is 19.5 Å². The lowest BCUT2D eigenvalue weighted by Crippen LogP contribution is -2.40. The minimum Gasteiger partial charge on any atom is -0.496 e. The number of fused-ring (bicyclic) bond motifs is 1. The molecule has 1 fully saturated rings. The molecule has 0 aliphatic carbocycles. The molecule has 1 saturated heterocycles. The van der Waals surface area contributed by atoms with Gasteiger partial charge in [-0.3, -0.25) is 9.36 Å². The number of para-hydroxylation sites is 1. The average molecular weight is 604 g/mol. The predicted molar refractivity (Wildman–Crippen MR) is 160 cm³/mol. The van der Waals surface area contributed by atoms with Gasteiger partial charge in [0.15, 0.2) is 0 Å². The zero-order valence-electron chi connectivity index (χ0n) is 23.5. The molecule has 1 N–H and O–H groups in total. The molecular formula is C31H29N3O8S. The van der Waals surface area contributed by atoms with Crippen LogP contribution in [-0.2, 0) is 16.0 Å². The average Bonchev–Trinajstić information content (AvgIpc) is 3.67. The molecule has 0 radical (unpaired) electrons. The summed E-state index contributed by atoms with van der Waals surface area (Å²) < 4.78 is 25.9. The second kappa shape index (κ2) is 12.0. The van der Waals surface area contributed by atoms with Crippen LogP contribution >= 0.6 is 11.3 Å². The van der Waals surface area contributed by atoms with Crippen molar-refractivity contribution in [3.8, 4) is 22.2 Å². The number of carboxylic acid groups (broad SMARTS) is 1. The Bertz CT molecular complexity index is 1900. The van der Waals surface area contributed by atoms with Crippen LogP contribution in [-0.4, -0.2) is 51.6 Å². The SMILES string of the molecule is COc1ccccc1[C@@H](Cn1c(=O)n(-c2cccc(C(=O)O)c2)c(=O)c2c(C)c(-c3ncco3)sc21)OC1CCOCC1. The summed E-state index contributed by atoms with van der Waals surface area (Å²) in [6.07, 6.45) is 3.63. The summed E-state index contributed by atoms with van der Waals surface area (Å²) in [6, 6.07) is 13.2. The summed E-state index contributed by atoms with van der Waals surface area (Å²) in [5.41, 5.74) is 0.257. The second-order valence-electron chi connectivity index (χ2n) is 10.1. The fourth-order valence-corrected chi connectivity index (χ4v) is 6.65. The highest BCUT2D eigenvalue weighted by molar-refractivity contribution is 7.22. The third-order valence-corrected chi connectivity index (χ3v) is 8.85. The van der Waals surface area contributed by atoms with Crippen LogP contribution in [0.2, 0.25) is 0 Å². The summed E-state index contributed by atoms with van der Waals surface area (Å²) in [7, 11) is 1.58. The van der Waals surface area contributed by atoms with Crippen LogP contribution in [0.15, 0.2) is 75.0 Å². The third kappa shape index (κ3) is 5.40. The molecule has 11 nitrogen and oxygen atoms in total. The topological polar surface area (TPSA) is 135 Å². The van der Waals surface area contributed by atoms with E-state index in [-0.39, 0.29) is 23.9 Å². The first-order valence-corrected chi connectivity index (χ1v) is 14.6. The quantitative estimate of drug-likeness (QED) is 0.252. The minimum absolute atomic E-state index is 0.0484. The Hall–Kier alpha value is -4.52. The second-order valence-corrected chi connectivity index (χ2v) is 11.1. The summed E-state index contributed by atoms with van der Waals surface area (Å²) in [6.45, 7) is 2.98. The van der Waals surface area contributed by atoms with Crippen LogP contribution < -0.4 is 16.0 Å². The van der Waals surface area contributed by atoms with E-state index in [1.807, 2.05) is 24.3 Å². The summed E-state index contributed by atoms with van der Waals surface area (Å²) >= 11 is 1.23. The summed E-state index contributed by atoms with van der Waals surface area (Å²) in [5.74, 6) is -0.235. The molecular weight excluding hydrogens is 574 g/mol. The number of aryl methyl sites for hydroxylation is 1. The van der Waals surface area contributed by atoms with Gasteiger partial charge < -0.3 is 23.7 Å². The zero-order chi connectivity index (χ0) is 30.1. The van der Waals surface area contributed by atoms with Crippen molar-refractivity contribution >= 4 is 27.5 Å². The molecule has 1 aliphatic heterocycles. The van der Waals surface area contributed by atoms with E-state index in [0.29, 0.717) is 58.4 Å². The number of aromatic nitrogens is 3. The van der Waals surface area contributed by atoms with Gasteiger partial charge in [0, 0.05) is 18.8 Å². The fraction of sp³-hybridized carbons (Fsp3) is 0.290. The number of aromatic carboxylic acids is 1. The van der Waals surface area contributed by atoms with Gasteiger partial charge in [-0.2, -0.15) is 0 Å². The Kier molecular flexibility index (Phi) is 7.98. The Labute approximate surface area is 249 Å². The van der Waals surface area contributed by atoms with Crippen LogP contribution in [0, 0.1) is 6.92 Å². The van der Waals surface area contributed by atoms with Crippen molar-refractivity contribution in [3.05, 3.63) is 98.5 Å². The van der Waals surface area contributed by atoms with Crippen LogP contribution in [0.4, 0.5) is 0 Å². The molecule has 43 heavy (non-hydrogen) atoms. The largest absolute Gasteiger partial charge is 0.496 e. The molecule has 3 aromatic heterocycles. The van der Waals surface area contributed by atoms with Gasteiger partial charge in [-0.15, -0.1) is 11.3 Å². The smallest absolute Gasteiger partial charge is 0.336 e. The van der Waals surface area contributed by atoms with Crippen LogP contribution in [0.3, 0.4) is 0 Å². The van der Waals surface area contributed by atoms with Gasteiger partial charge in [0.25, 0.3) is 5.56 Å². The van der Waals surface area contributed by atoms with E-state index in [1.54, 1.807) is 20.1 Å². The van der Waals surface area contributed by atoms with Crippen molar-refractivity contribution < 1.29 is 28.5 Å². The molecule has 0 bridgehead atoms. The molecule has 0 unspecified atom stereocenters. The van der Waals surface area contributed by atoms with E-state index in [0.717, 1.165) is 10.1 Å². The van der Waals surface area contributed by atoms with Gasteiger partial charge in [-0.1, -0.05) is 24.3 Å². The van der Waals surface area contributed by atoms with Crippen molar-refractivity contribution in [1.82, 2.24) is 14.1 Å². The molecule has 0 spiro atoms. The number of nitrogens with zero attached hydrogens (tertiary/aromatic N) is 3. The Balaban J connectivity index is 1.59. The maximum atomic E-state index is 14.3. The maximum absolute atomic E-state index is 14.3. The highest BCUT2D eigenvalue weighted by atomic mass is 32.1. The van der Waals surface area contributed by atoms with E-state index in [2.05, 4.69) is 4.98 Å². The Morgan fingerprint density at radius 1 is 1.16 bits per heavy atom. The van der Waals surface area contributed by atoms with Crippen molar-refractivity contribution in [3.63, 3.8) is 0 Å². The number of ether oxygens (including phenoxy) is 3. The molecule has 4 heterocycles. The number of carboxylic acids is 1. The van der Waals surface area contributed by atoms with Gasteiger partial charge in [0.1, 0.15) is 22.9 Å². The summed E-state index contributed by atoms with van der Waals surface area (Å²) in [5, 5.41) is 9.91. The van der Waals surface area contributed by atoms with Crippen LogP contribution in [0.1, 0.15) is 40.4 Å². The molecule has 2 aromatic carbocycles. The number of hydrogen-bond donors (Lipinski definition) is 1. The Morgan fingerprint density at radius 3 is 2.67 bits per heavy atom. The minimum atomic E-state index is -1.17. The van der Waals surface area contributed by atoms with Gasteiger partial charge in [0.05, 0.1) is 47.5 Å². The number of hydrogen-bond acceptors (Lipinski definition) is 9. The molecule has 0 saturated carbocycles. The van der Waals surface area contributed by atoms with E-state index in [1.165, 1.54) is 46.6 Å². The lowest BCUT2D eigenvalue weighted by molar-refractivity contribution is -0.0752. The van der Waals surface area contributed by atoms with Crippen molar-refractivity contribution in [2.24, 2.45) is 0 Å². The monoisotopic (exact) mass is 603 g/mol. The first-order chi connectivity index (χ1) is 20.9. The van der Waals surface area contributed by atoms with Crippen LogP contribution in [0.5, 0.6) is 5.75 Å². The van der Waals surface area contributed by atoms with Crippen LogP contribution in [0.25, 0.3) is 26.7 Å². The lowest BCUT2D eigenvalue weighted by Gasteiger charge is -2.29. The first kappa shape index (κ1) is 28.6. The molecule has 222 valence electrons. The molecule has 6 rings (SSSR count). The maximum Gasteiger partial charge on any atom is 0.336 e. The van der Waals surface area contributed by atoms with Crippen molar-refractivity contribution in [2.45, 2.75) is 38.5 Å². The van der Waals surface area contributed by atoms with Gasteiger partial charge in [0.2, 0.25) is 5.89 Å². The first-order valence-electron chi connectivity index (χ1n) is 13.8. The molecule has 1 aliphatic rings. The van der Waals surface area contributed by atoms with E-state index >= 15 is 0 Å². The summed E-state index contributed by atoms with van der Waals surface area (Å²) in [4.78, 5) is 45.5. The fourth-order valence-electron chi connectivity index (χ4n) is 5.41. The van der Waals surface area contributed by atoms with E-state index in [4.69, 9.17) is 18.6 Å². The molecule has 1 atom stereocenters. The lowest BCUT2D eigenvalue weighted by atomic mass is 10.1. The van der Waals surface area contributed by atoms with E-state index < -0.39 is 23.3 Å². The van der Waals surface area contributed by atoms with Gasteiger partial charge in [-0.05, 0) is 49.6 Å². The number of thiophene rings is 1. The predicted octanol–water partition coefficient (Wildman–Crippen LogP) is 4.82. The number of benzene rings is 2. The van der Waals surface area contributed by atoms with Gasteiger partial charge in [-0.25, -0.2) is 19.1 Å².